The summed E-state index contributed by atoms with van der Waals surface area (Å²) in [7, 11) is 0. The highest BCUT2D eigenvalue weighted by atomic mass is 32.1. The first-order valence-corrected chi connectivity index (χ1v) is 5.36. The van der Waals surface area contributed by atoms with E-state index in [1.807, 2.05) is 29.8 Å². The van der Waals surface area contributed by atoms with Crippen molar-refractivity contribution in [3.63, 3.8) is 0 Å². The van der Waals surface area contributed by atoms with Crippen LogP contribution < -0.4 is 0 Å². The number of imidazole rings is 1. The van der Waals surface area contributed by atoms with Crippen LogP contribution in [0, 0.1) is 6.92 Å². The Morgan fingerprint density at radius 3 is 3.00 bits per heavy atom. The topological polar surface area (TPSA) is 43.1 Å². The van der Waals surface area contributed by atoms with Gasteiger partial charge in [0.1, 0.15) is 12.0 Å². The maximum atomic E-state index is 4.36. The second-order valence-corrected chi connectivity index (χ2v) is 4.45. The number of rotatable bonds is 1. The Kier molecular flexibility index (Phi) is 1.78. The molecule has 15 heavy (non-hydrogen) atoms. The highest BCUT2D eigenvalue weighted by Crippen LogP contribution is 2.24. The second kappa shape index (κ2) is 3.13. The molecule has 0 bridgehead atoms. The molecule has 0 radical (unpaired) electrons. The summed E-state index contributed by atoms with van der Waals surface area (Å²) >= 11 is 1.64. The van der Waals surface area contributed by atoms with Gasteiger partial charge >= 0.3 is 0 Å². The molecular formula is C10H8N4S. The van der Waals surface area contributed by atoms with E-state index in [0.717, 1.165) is 21.2 Å². The van der Waals surface area contributed by atoms with Crippen LogP contribution in [0.4, 0.5) is 0 Å². The summed E-state index contributed by atoms with van der Waals surface area (Å²) in [6, 6.07) is 1.97. The molecule has 0 amide bonds. The van der Waals surface area contributed by atoms with Gasteiger partial charge in [-0.3, -0.25) is 4.40 Å². The van der Waals surface area contributed by atoms with E-state index in [2.05, 4.69) is 15.0 Å². The summed E-state index contributed by atoms with van der Waals surface area (Å²) in [6.45, 7) is 1.99. The molecule has 0 aliphatic carbocycles. The van der Waals surface area contributed by atoms with E-state index in [0.29, 0.717) is 0 Å². The summed E-state index contributed by atoms with van der Waals surface area (Å²) in [6.07, 6.45) is 7.26. The van der Waals surface area contributed by atoms with Gasteiger partial charge in [-0.1, -0.05) is 0 Å². The number of aryl methyl sites for hydroxylation is 1. The van der Waals surface area contributed by atoms with Crippen LogP contribution in [-0.4, -0.2) is 19.4 Å². The van der Waals surface area contributed by atoms with Gasteiger partial charge in [0, 0.05) is 24.7 Å². The van der Waals surface area contributed by atoms with Gasteiger partial charge in [-0.15, -0.1) is 11.3 Å². The lowest BCUT2D eigenvalue weighted by atomic mass is 10.3. The third-order valence-corrected chi connectivity index (χ3v) is 3.09. The molecule has 0 aliphatic rings. The molecule has 5 heteroatoms. The fraction of sp³-hybridized carbons (Fsp3) is 0.100. The molecule has 0 fully saturated rings. The quantitative estimate of drug-likeness (QED) is 0.626. The Balaban J connectivity index is 2.18. The average molecular weight is 216 g/mol. The van der Waals surface area contributed by atoms with Gasteiger partial charge in [-0.2, -0.15) is 0 Å². The molecular weight excluding hydrogens is 208 g/mol. The molecule has 74 valence electrons. The molecule has 3 aromatic rings. The van der Waals surface area contributed by atoms with E-state index in [-0.39, 0.29) is 0 Å². The molecule has 0 spiro atoms. The number of nitrogens with zero attached hydrogens (tertiary/aromatic N) is 4. The lowest BCUT2D eigenvalue weighted by Crippen LogP contribution is -1.87. The lowest BCUT2D eigenvalue weighted by molar-refractivity contribution is 1.09. The molecule has 0 saturated heterocycles. The Morgan fingerprint density at radius 1 is 1.27 bits per heavy atom. The van der Waals surface area contributed by atoms with Crippen LogP contribution in [0.2, 0.25) is 0 Å². The molecule has 0 aliphatic heterocycles. The second-order valence-electron chi connectivity index (χ2n) is 3.21. The van der Waals surface area contributed by atoms with Crippen LogP contribution in [0.3, 0.4) is 0 Å². The fourth-order valence-corrected chi connectivity index (χ4v) is 2.18. The first kappa shape index (κ1) is 8.55. The van der Waals surface area contributed by atoms with Crippen molar-refractivity contribution in [2.75, 3.05) is 0 Å². The largest absolute Gasteiger partial charge is 0.290 e. The van der Waals surface area contributed by atoms with E-state index in [4.69, 9.17) is 0 Å². The highest BCUT2D eigenvalue weighted by Gasteiger charge is 2.04. The fourth-order valence-electron chi connectivity index (χ4n) is 1.43. The van der Waals surface area contributed by atoms with Crippen LogP contribution in [0.5, 0.6) is 0 Å². The average Bonchev–Trinajstić information content (AvgIpc) is 2.84. The molecule has 0 saturated carbocycles. The molecule has 0 N–H and O–H groups in total. The van der Waals surface area contributed by atoms with E-state index in [9.17, 15) is 0 Å². The Hall–Kier alpha value is -1.75. The smallest absolute Gasteiger partial charge is 0.140 e. The predicted molar refractivity (Wildman–Crippen MR) is 58.8 cm³/mol. The van der Waals surface area contributed by atoms with Gasteiger partial charge in [0.05, 0.1) is 15.6 Å². The number of fused-ring (bicyclic) bond motifs is 1. The molecule has 0 atom stereocenters. The van der Waals surface area contributed by atoms with Crippen molar-refractivity contribution in [3.05, 3.63) is 36.0 Å². The lowest BCUT2D eigenvalue weighted by Gasteiger charge is -1.96. The SMILES string of the molecule is Cc1ncc(-c2cc3nccn3cn2)s1. The van der Waals surface area contributed by atoms with Gasteiger partial charge in [0.25, 0.3) is 0 Å². The van der Waals surface area contributed by atoms with Crippen molar-refractivity contribution in [1.29, 1.82) is 0 Å². The monoisotopic (exact) mass is 216 g/mol. The first-order chi connectivity index (χ1) is 7.33. The maximum Gasteiger partial charge on any atom is 0.140 e. The Labute approximate surface area is 90.3 Å². The third-order valence-electron chi connectivity index (χ3n) is 2.16. The molecule has 3 heterocycles. The number of thiazole rings is 1. The minimum atomic E-state index is 0.908. The number of hydrogen-bond donors (Lipinski definition) is 0. The third kappa shape index (κ3) is 1.41. The predicted octanol–water partition coefficient (Wildman–Crippen LogP) is 2.16. The van der Waals surface area contributed by atoms with Crippen molar-refractivity contribution in [1.82, 2.24) is 19.4 Å². The van der Waals surface area contributed by atoms with E-state index in [1.165, 1.54) is 0 Å². The number of hydrogen-bond acceptors (Lipinski definition) is 4. The maximum absolute atomic E-state index is 4.36. The van der Waals surface area contributed by atoms with Crippen molar-refractivity contribution < 1.29 is 0 Å². The summed E-state index contributed by atoms with van der Waals surface area (Å²) < 4.78 is 1.89. The summed E-state index contributed by atoms with van der Waals surface area (Å²) in [4.78, 5) is 13.9. The molecule has 4 nitrogen and oxygen atoms in total. The summed E-state index contributed by atoms with van der Waals surface area (Å²) in [5, 5.41) is 1.05. The Morgan fingerprint density at radius 2 is 2.20 bits per heavy atom. The van der Waals surface area contributed by atoms with Crippen LogP contribution in [0.25, 0.3) is 16.2 Å². The van der Waals surface area contributed by atoms with Crippen molar-refractivity contribution in [2.45, 2.75) is 6.92 Å². The highest BCUT2D eigenvalue weighted by molar-refractivity contribution is 7.15. The van der Waals surface area contributed by atoms with Crippen molar-refractivity contribution in [2.24, 2.45) is 0 Å². The van der Waals surface area contributed by atoms with E-state index in [1.54, 1.807) is 23.9 Å². The van der Waals surface area contributed by atoms with Crippen LogP contribution in [-0.2, 0) is 0 Å². The standard InChI is InChI=1S/C10H8N4S/c1-7-12-5-9(15-7)8-4-10-11-2-3-14(10)6-13-8/h2-6H,1H3. The van der Waals surface area contributed by atoms with Crippen molar-refractivity contribution >= 4 is 17.0 Å². The zero-order chi connectivity index (χ0) is 10.3. The number of aromatic nitrogens is 4. The molecule has 3 aromatic heterocycles. The zero-order valence-corrected chi connectivity index (χ0v) is 8.90. The van der Waals surface area contributed by atoms with Crippen LogP contribution in [0.15, 0.2) is 31.0 Å². The van der Waals surface area contributed by atoms with Gasteiger partial charge < -0.3 is 0 Å². The molecule has 0 unspecified atom stereocenters. The Bertz CT molecular complexity index is 610. The molecule has 0 aromatic carbocycles. The van der Waals surface area contributed by atoms with Crippen LogP contribution >= 0.6 is 11.3 Å². The van der Waals surface area contributed by atoms with Crippen LogP contribution in [0.1, 0.15) is 5.01 Å². The normalized spacial score (nSPS) is 11.0. The van der Waals surface area contributed by atoms with Gasteiger partial charge in [-0.05, 0) is 6.92 Å². The minimum absolute atomic E-state index is 0.908. The van der Waals surface area contributed by atoms with Gasteiger partial charge in [0.15, 0.2) is 0 Å². The van der Waals surface area contributed by atoms with E-state index >= 15 is 0 Å². The summed E-state index contributed by atoms with van der Waals surface area (Å²) in [5.41, 5.74) is 1.84. The molecule has 3 rings (SSSR count). The van der Waals surface area contributed by atoms with E-state index < -0.39 is 0 Å². The zero-order valence-electron chi connectivity index (χ0n) is 8.08. The van der Waals surface area contributed by atoms with Gasteiger partial charge in [-0.25, -0.2) is 15.0 Å². The minimum Gasteiger partial charge on any atom is -0.290 e. The first-order valence-electron chi connectivity index (χ1n) is 4.54. The van der Waals surface area contributed by atoms with Gasteiger partial charge in [0.2, 0.25) is 0 Å². The van der Waals surface area contributed by atoms with Crippen molar-refractivity contribution in [3.8, 4) is 10.6 Å². The summed E-state index contributed by atoms with van der Waals surface area (Å²) in [5.74, 6) is 0.